The minimum atomic E-state index is -0.704. The number of hydrogen-bond acceptors (Lipinski definition) is 4. The molecule has 1 aliphatic rings. The molecule has 0 bridgehead atoms. The molecule has 2 amide bonds. The van der Waals surface area contributed by atoms with E-state index in [0.29, 0.717) is 25.1 Å². The standard InChI is InChI=1S/C14H20N2O4/c1-2-5-14(19)9-16(10-14)12(17)3-6-15-13(18)11-4-7-20-8-11/h4,7-8,19H,2-3,5-6,9-10H2,1H3,(H,15,18). The highest BCUT2D eigenvalue weighted by atomic mass is 16.3. The van der Waals surface area contributed by atoms with Crippen LogP contribution < -0.4 is 5.32 Å². The minimum absolute atomic E-state index is 0.0433. The van der Waals surface area contributed by atoms with E-state index < -0.39 is 5.60 Å². The maximum absolute atomic E-state index is 11.8. The Morgan fingerprint density at radius 3 is 2.85 bits per heavy atom. The number of hydrogen-bond donors (Lipinski definition) is 2. The molecule has 1 fully saturated rings. The van der Waals surface area contributed by atoms with Gasteiger partial charge in [0, 0.05) is 13.0 Å². The summed E-state index contributed by atoms with van der Waals surface area (Å²) >= 11 is 0. The molecule has 110 valence electrons. The lowest BCUT2D eigenvalue weighted by molar-refractivity contribution is -0.156. The Morgan fingerprint density at radius 2 is 2.25 bits per heavy atom. The summed E-state index contributed by atoms with van der Waals surface area (Å²) in [7, 11) is 0. The lowest BCUT2D eigenvalue weighted by Gasteiger charge is -2.46. The number of furan rings is 1. The van der Waals surface area contributed by atoms with E-state index in [1.54, 1.807) is 11.0 Å². The number of carbonyl (C=O) groups is 2. The topological polar surface area (TPSA) is 82.8 Å². The van der Waals surface area contributed by atoms with Crippen molar-refractivity contribution in [2.24, 2.45) is 0 Å². The number of rotatable bonds is 6. The fourth-order valence-electron chi connectivity index (χ4n) is 2.40. The van der Waals surface area contributed by atoms with Gasteiger partial charge in [0.15, 0.2) is 0 Å². The Bertz CT molecular complexity index is 464. The summed E-state index contributed by atoms with van der Waals surface area (Å²) in [4.78, 5) is 25.0. The van der Waals surface area contributed by atoms with Crippen molar-refractivity contribution in [2.75, 3.05) is 19.6 Å². The Morgan fingerprint density at radius 1 is 1.50 bits per heavy atom. The number of nitrogens with zero attached hydrogens (tertiary/aromatic N) is 1. The van der Waals surface area contributed by atoms with Gasteiger partial charge in [0.2, 0.25) is 5.91 Å². The number of amides is 2. The normalized spacial score (nSPS) is 16.6. The smallest absolute Gasteiger partial charge is 0.254 e. The summed E-state index contributed by atoms with van der Waals surface area (Å²) in [5.74, 6) is -0.295. The number of nitrogens with one attached hydrogen (secondary N) is 1. The van der Waals surface area contributed by atoms with Gasteiger partial charge in [-0.3, -0.25) is 9.59 Å². The molecule has 0 radical (unpaired) electrons. The van der Waals surface area contributed by atoms with E-state index in [1.807, 2.05) is 6.92 Å². The summed E-state index contributed by atoms with van der Waals surface area (Å²) in [6, 6.07) is 1.57. The van der Waals surface area contributed by atoms with Crippen LogP contribution in [0.4, 0.5) is 0 Å². The number of likely N-dealkylation sites (tertiary alicyclic amines) is 1. The molecule has 0 spiro atoms. The molecule has 0 aliphatic carbocycles. The summed E-state index contributed by atoms with van der Waals surface area (Å²) < 4.78 is 4.81. The lowest BCUT2D eigenvalue weighted by atomic mass is 9.89. The Kier molecular flexibility index (Phi) is 4.44. The van der Waals surface area contributed by atoms with Gasteiger partial charge in [-0.15, -0.1) is 0 Å². The highest BCUT2D eigenvalue weighted by Crippen LogP contribution is 2.25. The first-order valence-electron chi connectivity index (χ1n) is 6.84. The van der Waals surface area contributed by atoms with Crippen LogP contribution in [0.3, 0.4) is 0 Å². The van der Waals surface area contributed by atoms with Crippen molar-refractivity contribution in [3.8, 4) is 0 Å². The summed E-state index contributed by atoms with van der Waals surface area (Å²) in [6.07, 6.45) is 4.64. The zero-order valence-corrected chi connectivity index (χ0v) is 11.6. The van der Waals surface area contributed by atoms with Crippen molar-refractivity contribution in [2.45, 2.75) is 31.8 Å². The molecule has 1 aromatic heterocycles. The van der Waals surface area contributed by atoms with Crippen LogP contribution in [0.25, 0.3) is 0 Å². The Balaban J connectivity index is 1.66. The molecule has 0 aromatic carbocycles. The Labute approximate surface area is 117 Å². The van der Waals surface area contributed by atoms with Crippen molar-refractivity contribution >= 4 is 11.8 Å². The molecule has 0 atom stereocenters. The molecule has 1 saturated heterocycles. The van der Waals surface area contributed by atoms with Gasteiger partial charge >= 0.3 is 0 Å². The molecule has 1 aliphatic heterocycles. The van der Waals surface area contributed by atoms with Crippen LogP contribution in [-0.4, -0.2) is 47.1 Å². The van der Waals surface area contributed by atoms with Crippen molar-refractivity contribution in [3.63, 3.8) is 0 Å². The molecule has 0 saturated carbocycles. The van der Waals surface area contributed by atoms with Gasteiger partial charge < -0.3 is 19.7 Å². The number of aliphatic hydroxyl groups is 1. The second-order valence-corrected chi connectivity index (χ2v) is 5.24. The third-order valence-electron chi connectivity index (χ3n) is 3.45. The zero-order valence-electron chi connectivity index (χ0n) is 11.6. The van der Waals surface area contributed by atoms with E-state index in [2.05, 4.69) is 5.32 Å². The van der Waals surface area contributed by atoms with Crippen molar-refractivity contribution in [3.05, 3.63) is 24.2 Å². The van der Waals surface area contributed by atoms with Crippen molar-refractivity contribution in [1.82, 2.24) is 10.2 Å². The third-order valence-corrected chi connectivity index (χ3v) is 3.45. The monoisotopic (exact) mass is 280 g/mol. The molecule has 2 N–H and O–H groups in total. The molecule has 0 unspecified atom stereocenters. The molecular formula is C14H20N2O4. The van der Waals surface area contributed by atoms with E-state index in [-0.39, 0.29) is 24.8 Å². The largest absolute Gasteiger partial charge is 0.472 e. The first-order chi connectivity index (χ1) is 9.54. The second kappa shape index (κ2) is 6.09. The maximum atomic E-state index is 11.8. The van der Waals surface area contributed by atoms with Crippen LogP contribution in [0.2, 0.25) is 0 Å². The predicted molar refractivity (Wildman–Crippen MR) is 72.1 cm³/mol. The highest BCUT2D eigenvalue weighted by Gasteiger charge is 2.42. The van der Waals surface area contributed by atoms with Crippen molar-refractivity contribution in [1.29, 1.82) is 0 Å². The van der Waals surface area contributed by atoms with E-state index in [9.17, 15) is 14.7 Å². The van der Waals surface area contributed by atoms with Crippen LogP contribution >= 0.6 is 0 Å². The van der Waals surface area contributed by atoms with Gasteiger partial charge in [-0.1, -0.05) is 13.3 Å². The average Bonchev–Trinajstić information content (AvgIpc) is 2.89. The van der Waals surface area contributed by atoms with Crippen molar-refractivity contribution < 1.29 is 19.1 Å². The van der Waals surface area contributed by atoms with E-state index in [4.69, 9.17) is 4.42 Å². The number of β-amino-alcohol motifs (C(OH)–C–C–N with tert-alkyl or cyclic N) is 1. The molecule has 6 nitrogen and oxygen atoms in total. The lowest BCUT2D eigenvalue weighted by Crippen LogP contribution is -2.63. The van der Waals surface area contributed by atoms with Crippen LogP contribution in [-0.2, 0) is 4.79 Å². The quantitative estimate of drug-likeness (QED) is 0.806. The van der Waals surface area contributed by atoms with Crippen LogP contribution in [0.15, 0.2) is 23.0 Å². The van der Waals surface area contributed by atoms with E-state index in [1.165, 1.54) is 12.5 Å². The summed E-state index contributed by atoms with van der Waals surface area (Å²) in [5.41, 5.74) is -0.261. The molecule has 1 aromatic rings. The van der Waals surface area contributed by atoms with Crippen LogP contribution in [0.5, 0.6) is 0 Å². The van der Waals surface area contributed by atoms with Gasteiger partial charge in [-0.25, -0.2) is 0 Å². The molecular weight excluding hydrogens is 260 g/mol. The van der Waals surface area contributed by atoms with Gasteiger partial charge in [0.05, 0.1) is 30.5 Å². The number of carbonyl (C=O) groups excluding carboxylic acids is 2. The predicted octanol–water partition coefficient (Wildman–Crippen LogP) is 0.773. The first kappa shape index (κ1) is 14.6. The summed E-state index contributed by atoms with van der Waals surface area (Å²) in [6.45, 7) is 3.09. The first-order valence-corrected chi connectivity index (χ1v) is 6.84. The third kappa shape index (κ3) is 3.39. The zero-order chi connectivity index (χ0) is 14.6. The van der Waals surface area contributed by atoms with Gasteiger partial charge in [-0.05, 0) is 12.5 Å². The second-order valence-electron chi connectivity index (χ2n) is 5.24. The molecule has 6 heteroatoms. The Hall–Kier alpha value is -1.82. The van der Waals surface area contributed by atoms with E-state index >= 15 is 0 Å². The van der Waals surface area contributed by atoms with Gasteiger partial charge in [0.1, 0.15) is 6.26 Å². The summed E-state index contributed by atoms with van der Waals surface area (Å²) in [5, 5.41) is 12.6. The average molecular weight is 280 g/mol. The van der Waals surface area contributed by atoms with Gasteiger partial charge in [0.25, 0.3) is 5.91 Å². The highest BCUT2D eigenvalue weighted by molar-refractivity contribution is 5.94. The van der Waals surface area contributed by atoms with E-state index in [0.717, 1.165) is 6.42 Å². The SMILES string of the molecule is CCCC1(O)CN(C(=O)CCNC(=O)c2ccoc2)C1. The minimum Gasteiger partial charge on any atom is -0.472 e. The molecule has 2 heterocycles. The fourth-order valence-corrected chi connectivity index (χ4v) is 2.40. The molecule has 2 rings (SSSR count). The maximum Gasteiger partial charge on any atom is 0.254 e. The van der Waals surface area contributed by atoms with Crippen LogP contribution in [0, 0.1) is 0 Å². The van der Waals surface area contributed by atoms with Gasteiger partial charge in [-0.2, -0.15) is 0 Å². The van der Waals surface area contributed by atoms with Crippen LogP contribution in [0.1, 0.15) is 36.5 Å². The molecule has 20 heavy (non-hydrogen) atoms. The fraction of sp³-hybridized carbons (Fsp3) is 0.571.